The predicted molar refractivity (Wildman–Crippen MR) is 134 cm³/mol. The number of carbonyl (C=O) groups is 1. The Morgan fingerprint density at radius 1 is 1.10 bits per heavy atom. The molecular formula is C28H23F3N2O6. The molecule has 0 saturated heterocycles. The highest BCUT2D eigenvalue weighted by Gasteiger charge is 2.41. The molecule has 0 unspecified atom stereocenters. The van der Waals surface area contributed by atoms with Crippen LogP contribution in [0.2, 0.25) is 0 Å². The highest BCUT2D eigenvalue weighted by atomic mass is 19.4. The largest absolute Gasteiger partial charge is 0.478 e. The summed E-state index contributed by atoms with van der Waals surface area (Å²) < 4.78 is 63.9. The quantitative estimate of drug-likeness (QED) is 0.267. The fourth-order valence-corrected chi connectivity index (χ4v) is 4.15. The number of pyridine rings is 1. The highest BCUT2D eigenvalue weighted by molar-refractivity contribution is 5.89. The molecule has 2 aromatic carbocycles. The standard InChI is InChI=1S/C28H23F3N2O6/c1-2-13-36-27(35)17-6-8-19(9-7-17)38-25-23(34)20-10-11-22-21(24(20)39-26(25)28(29,30)31)15-33(16-37-22)14-18-5-3-4-12-32-18/h3-12H,2,13-16H2,1H3. The van der Waals surface area contributed by atoms with Crippen molar-refractivity contribution in [2.24, 2.45) is 0 Å². The third kappa shape index (κ3) is 5.58. The molecule has 0 atom stereocenters. The predicted octanol–water partition coefficient (Wildman–Crippen LogP) is 5.92. The Labute approximate surface area is 220 Å². The van der Waals surface area contributed by atoms with Gasteiger partial charge in [0, 0.05) is 19.3 Å². The number of aromatic nitrogens is 1. The zero-order valence-corrected chi connectivity index (χ0v) is 20.8. The fraction of sp³-hybridized carbons (Fsp3) is 0.250. The second-order valence-corrected chi connectivity index (χ2v) is 8.85. The number of alkyl halides is 3. The fourth-order valence-electron chi connectivity index (χ4n) is 4.15. The molecule has 0 amide bonds. The maximum atomic E-state index is 14.1. The number of carbonyl (C=O) groups excluding carboxylic acids is 1. The van der Waals surface area contributed by atoms with Gasteiger partial charge in [-0.2, -0.15) is 13.2 Å². The van der Waals surface area contributed by atoms with Crippen molar-refractivity contribution < 1.29 is 36.6 Å². The first-order valence-electron chi connectivity index (χ1n) is 12.1. The lowest BCUT2D eigenvalue weighted by Gasteiger charge is -2.29. The van der Waals surface area contributed by atoms with Crippen LogP contribution in [0, 0.1) is 0 Å². The van der Waals surface area contributed by atoms with E-state index in [1.807, 2.05) is 24.0 Å². The second kappa shape index (κ2) is 10.8. The van der Waals surface area contributed by atoms with Gasteiger partial charge in [0.2, 0.25) is 11.2 Å². The van der Waals surface area contributed by atoms with E-state index >= 15 is 0 Å². The van der Waals surface area contributed by atoms with Crippen LogP contribution < -0.4 is 14.9 Å². The van der Waals surface area contributed by atoms with E-state index in [4.69, 9.17) is 18.6 Å². The summed E-state index contributed by atoms with van der Waals surface area (Å²) in [6.45, 7) is 2.84. The molecule has 0 N–H and O–H groups in total. The summed E-state index contributed by atoms with van der Waals surface area (Å²) in [7, 11) is 0. The molecule has 0 fully saturated rings. The van der Waals surface area contributed by atoms with Crippen molar-refractivity contribution in [1.82, 2.24) is 9.88 Å². The van der Waals surface area contributed by atoms with E-state index in [1.165, 1.54) is 36.4 Å². The molecule has 11 heteroatoms. The first kappa shape index (κ1) is 26.2. The molecule has 0 spiro atoms. The molecule has 8 nitrogen and oxygen atoms in total. The molecule has 1 aliphatic heterocycles. The molecule has 0 aliphatic carbocycles. The van der Waals surface area contributed by atoms with Gasteiger partial charge in [-0.3, -0.25) is 14.7 Å². The molecule has 39 heavy (non-hydrogen) atoms. The Morgan fingerprint density at radius 2 is 1.90 bits per heavy atom. The Morgan fingerprint density at radius 3 is 2.59 bits per heavy atom. The summed E-state index contributed by atoms with van der Waals surface area (Å²) in [4.78, 5) is 31.4. The van der Waals surface area contributed by atoms with Crippen LogP contribution in [-0.4, -0.2) is 29.2 Å². The smallest absolute Gasteiger partial charge is 0.453 e. The zero-order chi connectivity index (χ0) is 27.6. The Hall–Kier alpha value is -4.38. The summed E-state index contributed by atoms with van der Waals surface area (Å²) in [5.74, 6) is -2.90. The van der Waals surface area contributed by atoms with Crippen molar-refractivity contribution in [2.75, 3.05) is 13.3 Å². The van der Waals surface area contributed by atoms with Crippen molar-refractivity contribution in [1.29, 1.82) is 0 Å². The van der Waals surface area contributed by atoms with Crippen LogP contribution in [0.25, 0.3) is 11.0 Å². The summed E-state index contributed by atoms with van der Waals surface area (Å²) in [5, 5.41) is -0.0835. The molecular weight excluding hydrogens is 517 g/mol. The Bertz CT molecular complexity index is 1550. The normalized spacial score (nSPS) is 13.5. The van der Waals surface area contributed by atoms with Crippen molar-refractivity contribution in [2.45, 2.75) is 32.6 Å². The van der Waals surface area contributed by atoms with Gasteiger partial charge in [-0.1, -0.05) is 13.0 Å². The van der Waals surface area contributed by atoms with E-state index in [1.54, 1.807) is 12.3 Å². The highest BCUT2D eigenvalue weighted by Crippen LogP contribution is 2.41. The van der Waals surface area contributed by atoms with Gasteiger partial charge >= 0.3 is 12.1 Å². The summed E-state index contributed by atoms with van der Waals surface area (Å²) in [5.41, 5.74) is 0.0529. The number of hydrogen-bond acceptors (Lipinski definition) is 8. The van der Waals surface area contributed by atoms with E-state index in [2.05, 4.69) is 4.98 Å². The van der Waals surface area contributed by atoms with E-state index in [0.29, 0.717) is 24.3 Å². The first-order chi connectivity index (χ1) is 18.7. The SMILES string of the molecule is CCCOC(=O)c1ccc(Oc2c(C(F)(F)F)oc3c4c(ccc3c2=O)OCN(Cc2ccccn2)C4)cc1. The van der Waals surface area contributed by atoms with Crippen LogP contribution in [0.3, 0.4) is 0 Å². The molecule has 2 aromatic heterocycles. The van der Waals surface area contributed by atoms with Crippen LogP contribution >= 0.6 is 0 Å². The van der Waals surface area contributed by atoms with Gasteiger partial charge in [0.1, 0.15) is 23.8 Å². The minimum atomic E-state index is -5.03. The molecule has 202 valence electrons. The van der Waals surface area contributed by atoms with Crippen LogP contribution in [0.15, 0.2) is 70.0 Å². The van der Waals surface area contributed by atoms with Crippen molar-refractivity contribution in [3.63, 3.8) is 0 Å². The van der Waals surface area contributed by atoms with Crippen LogP contribution in [0.4, 0.5) is 13.2 Å². The number of hydrogen-bond donors (Lipinski definition) is 0. The number of ether oxygens (including phenoxy) is 3. The molecule has 0 saturated carbocycles. The van der Waals surface area contributed by atoms with E-state index in [-0.39, 0.29) is 42.2 Å². The maximum Gasteiger partial charge on any atom is 0.453 e. The van der Waals surface area contributed by atoms with Gasteiger partial charge in [0.15, 0.2) is 0 Å². The van der Waals surface area contributed by atoms with Gasteiger partial charge in [0.25, 0.3) is 5.76 Å². The summed E-state index contributed by atoms with van der Waals surface area (Å²) >= 11 is 0. The average molecular weight is 540 g/mol. The van der Waals surface area contributed by atoms with Crippen molar-refractivity contribution >= 4 is 16.9 Å². The van der Waals surface area contributed by atoms with Gasteiger partial charge < -0.3 is 18.6 Å². The van der Waals surface area contributed by atoms with Gasteiger partial charge in [-0.25, -0.2) is 4.79 Å². The van der Waals surface area contributed by atoms with Crippen LogP contribution in [0.5, 0.6) is 17.2 Å². The topological polar surface area (TPSA) is 91.1 Å². The number of nitrogens with zero attached hydrogens (tertiary/aromatic N) is 2. The lowest BCUT2D eigenvalue weighted by molar-refractivity contribution is -0.154. The lowest BCUT2D eigenvalue weighted by atomic mass is 10.1. The monoisotopic (exact) mass is 540 g/mol. The van der Waals surface area contributed by atoms with E-state index in [0.717, 1.165) is 5.69 Å². The zero-order valence-electron chi connectivity index (χ0n) is 20.8. The van der Waals surface area contributed by atoms with Crippen LogP contribution in [-0.2, 0) is 24.0 Å². The van der Waals surface area contributed by atoms with Crippen LogP contribution in [0.1, 0.15) is 40.7 Å². The molecule has 0 radical (unpaired) electrons. The number of esters is 1. The number of halogens is 3. The molecule has 4 aromatic rings. The second-order valence-electron chi connectivity index (χ2n) is 8.85. The molecule has 0 bridgehead atoms. The average Bonchev–Trinajstić information content (AvgIpc) is 2.93. The minimum Gasteiger partial charge on any atom is -0.478 e. The third-order valence-electron chi connectivity index (χ3n) is 5.98. The Kier molecular flexibility index (Phi) is 7.25. The Balaban J connectivity index is 1.50. The lowest BCUT2D eigenvalue weighted by Crippen LogP contribution is -2.32. The number of benzene rings is 2. The van der Waals surface area contributed by atoms with Crippen molar-refractivity contribution in [3.05, 3.63) is 93.6 Å². The van der Waals surface area contributed by atoms with E-state index < -0.39 is 29.1 Å². The maximum absolute atomic E-state index is 14.1. The van der Waals surface area contributed by atoms with Gasteiger partial charge in [-0.05, 0) is 55.0 Å². The van der Waals surface area contributed by atoms with E-state index in [9.17, 15) is 22.8 Å². The van der Waals surface area contributed by atoms with Gasteiger partial charge in [-0.15, -0.1) is 0 Å². The minimum absolute atomic E-state index is 0.0815. The van der Waals surface area contributed by atoms with Gasteiger partial charge in [0.05, 0.1) is 28.8 Å². The number of fused-ring (bicyclic) bond motifs is 3. The first-order valence-corrected chi connectivity index (χ1v) is 12.1. The molecule has 1 aliphatic rings. The third-order valence-corrected chi connectivity index (χ3v) is 5.98. The number of rotatable bonds is 7. The molecule has 5 rings (SSSR count). The summed E-state index contributed by atoms with van der Waals surface area (Å²) in [6.07, 6.45) is -2.74. The summed E-state index contributed by atoms with van der Waals surface area (Å²) in [6, 6.07) is 13.6. The van der Waals surface area contributed by atoms with Crippen molar-refractivity contribution in [3.8, 4) is 17.2 Å². The molecule has 3 heterocycles.